The summed E-state index contributed by atoms with van der Waals surface area (Å²) in [5, 5.41) is 7.37. The number of furan rings is 1. The SMILES string of the molecule is CSCc1ccc(C(=O)NCc2cc(-c3cccc(Cl)c3)no2)o1. The highest BCUT2D eigenvalue weighted by molar-refractivity contribution is 7.97. The maximum absolute atomic E-state index is 12.1. The Bertz CT molecular complexity index is 844. The minimum Gasteiger partial charge on any atom is -0.455 e. The van der Waals surface area contributed by atoms with Gasteiger partial charge in [0.25, 0.3) is 5.91 Å². The molecule has 1 amide bonds. The lowest BCUT2D eigenvalue weighted by Crippen LogP contribution is -2.21. The van der Waals surface area contributed by atoms with Crippen molar-refractivity contribution in [1.29, 1.82) is 0 Å². The standard InChI is InChI=1S/C17H15ClN2O3S/c1-24-10-13-5-6-16(22-13)17(21)19-9-14-8-15(20-23-14)11-3-2-4-12(18)7-11/h2-8H,9-10H2,1H3,(H,19,21). The molecule has 124 valence electrons. The predicted molar refractivity (Wildman–Crippen MR) is 94.0 cm³/mol. The average Bonchev–Trinajstić information content (AvgIpc) is 3.22. The summed E-state index contributed by atoms with van der Waals surface area (Å²) in [4.78, 5) is 12.1. The number of amides is 1. The fourth-order valence-electron chi connectivity index (χ4n) is 2.15. The zero-order valence-corrected chi connectivity index (χ0v) is 14.5. The molecule has 0 aliphatic heterocycles. The summed E-state index contributed by atoms with van der Waals surface area (Å²) < 4.78 is 10.7. The molecule has 24 heavy (non-hydrogen) atoms. The number of carbonyl (C=O) groups is 1. The number of nitrogens with one attached hydrogen (secondary N) is 1. The third-order valence-electron chi connectivity index (χ3n) is 3.27. The van der Waals surface area contributed by atoms with Crippen molar-refractivity contribution in [3.05, 3.63) is 64.8 Å². The third-order valence-corrected chi connectivity index (χ3v) is 4.08. The summed E-state index contributed by atoms with van der Waals surface area (Å²) in [6.45, 7) is 0.227. The Morgan fingerprint density at radius 3 is 2.92 bits per heavy atom. The van der Waals surface area contributed by atoms with E-state index in [2.05, 4.69) is 10.5 Å². The molecule has 5 nitrogen and oxygen atoms in total. The van der Waals surface area contributed by atoms with Gasteiger partial charge in [0.15, 0.2) is 11.5 Å². The van der Waals surface area contributed by atoms with Crippen molar-refractivity contribution in [2.24, 2.45) is 0 Å². The molecule has 0 aliphatic rings. The van der Waals surface area contributed by atoms with Gasteiger partial charge in [0.2, 0.25) is 0 Å². The molecule has 0 saturated carbocycles. The van der Waals surface area contributed by atoms with E-state index in [9.17, 15) is 4.79 Å². The first kappa shape index (κ1) is 16.7. The van der Waals surface area contributed by atoms with Crippen LogP contribution in [0.25, 0.3) is 11.3 Å². The average molecular weight is 363 g/mol. The molecule has 3 rings (SSSR count). The Kier molecular flexibility index (Phi) is 5.27. The van der Waals surface area contributed by atoms with Crippen LogP contribution in [-0.2, 0) is 12.3 Å². The lowest BCUT2D eigenvalue weighted by atomic mass is 10.1. The molecule has 0 saturated heterocycles. The zero-order valence-electron chi connectivity index (χ0n) is 12.9. The van der Waals surface area contributed by atoms with E-state index in [4.69, 9.17) is 20.5 Å². The third kappa shape index (κ3) is 4.01. The van der Waals surface area contributed by atoms with Gasteiger partial charge < -0.3 is 14.3 Å². The molecule has 7 heteroatoms. The summed E-state index contributed by atoms with van der Waals surface area (Å²) in [5.41, 5.74) is 1.53. The highest BCUT2D eigenvalue weighted by Crippen LogP contribution is 2.22. The van der Waals surface area contributed by atoms with Crippen LogP contribution in [0.1, 0.15) is 22.1 Å². The van der Waals surface area contributed by atoms with E-state index in [1.165, 1.54) is 0 Å². The van der Waals surface area contributed by atoms with Gasteiger partial charge in [-0.25, -0.2) is 0 Å². The smallest absolute Gasteiger partial charge is 0.287 e. The Hall–Kier alpha value is -2.18. The number of benzene rings is 1. The zero-order chi connectivity index (χ0) is 16.9. The fraction of sp³-hybridized carbons (Fsp3) is 0.176. The van der Waals surface area contributed by atoms with Crippen molar-refractivity contribution in [1.82, 2.24) is 10.5 Å². The second-order valence-electron chi connectivity index (χ2n) is 5.07. The first-order valence-corrected chi connectivity index (χ1v) is 9.00. The topological polar surface area (TPSA) is 68.3 Å². The number of halogens is 1. The molecular weight excluding hydrogens is 348 g/mol. The number of rotatable bonds is 6. The lowest BCUT2D eigenvalue weighted by molar-refractivity contribution is 0.0918. The number of nitrogens with zero attached hydrogens (tertiary/aromatic N) is 1. The van der Waals surface area contributed by atoms with Gasteiger partial charge in [-0.15, -0.1) is 0 Å². The molecule has 1 N–H and O–H groups in total. The van der Waals surface area contributed by atoms with E-state index in [1.807, 2.05) is 18.4 Å². The van der Waals surface area contributed by atoms with Gasteiger partial charge in [-0.2, -0.15) is 11.8 Å². The minimum atomic E-state index is -0.289. The monoisotopic (exact) mass is 362 g/mol. The first-order valence-electron chi connectivity index (χ1n) is 7.23. The van der Waals surface area contributed by atoms with Crippen LogP contribution in [0.3, 0.4) is 0 Å². The van der Waals surface area contributed by atoms with Gasteiger partial charge in [0.05, 0.1) is 12.3 Å². The summed E-state index contributed by atoms with van der Waals surface area (Å²) in [7, 11) is 0. The molecule has 0 atom stereocenters. The highest BCUT2D eigenvalue weighted by Gasteiger charge is 2.13. The molecule has 0 radical (unpaired) electrons. The quantitative estimate of drug-likeness (QED) is 0.704. The van der Waals surface area contributed by atoms with Gasteiger partial charge in [-0.1, -0.05) is 28.9 Å². The fourth-order valence-corrected chi connectivity index (χ4v) is 2.78. The molecule has 0 spiro atoms. The maximum Gasteiger partial charge on any atom is 0.287 e. The molecule has 0 bridgehead atoms. The van der Waals surface area contributed by atoms with Crippen LogP contribution in [0.5, 0.6) is 0 Å². The van der Waals surface area contributed by atoms with E-state index < -0.39 is 0 Å². The molecule has 3 aromatic rings. The first-order chi connectivity index (χ1) is 11.7. The van der Waals surface area contributed by atoms with Crippen LogP contribution in [0.15, 0.2) is 51.4 Å². The van der Waals surface area contributed by atoms with Crippen molar-refractivity contribution in [3.8, 4) is 11.3 Å². The summed E-state index contributed by atoms with van der Waals surface area (Å²) >= 11 is 7.60. The highest BCUT2D eigenvalue weighted by atomic mass is 35.5. The summed E-state index contributed by atoms with van der Waals surface area (Å²) in [6, 6.07) is 12.6. The number of thioether (sulfide) groups is 1. The lowest BCUT2D eigenvalue weighted by Gasteiger charge is -1.99. The Balaban J connectivity index is 1.61. The summed E-state index contributed by atoms with van der Waals surface area (Å²) in [5.74, 6) is 2.06. The van der Waals surface area contributed by atoms with Crippen LogP contribution in [0.4, 0.5) is 0 Å². The van der Waals surface area contributed by atoms with E-state index in [0.717, 1.165) is 17.1 Å². The predicted octanol–water partition coefficient (Wildman–Crippen LogP) is 4.38. The van der Waals surface area contributed by atoms with E-state index in [1.54, 1.807) is 42.1 Å². The van der Waals surface area contributed by atoms with Crippen molar-refractivity contribution in [2.45, 2.75) is 12.3 Å². The Labute approximate surface area is 148 Å². The maximum atomic E-state index is 12.1. The van der Waals surface area contributed by atoms with Crippen LogP contribution < -0.4 is 5.32 Å². The molecule has 0 fully saturated rings. The minimum absolute atomic E-state index is 0.227. The number of hydrogen-bond donors (Lipinski definition) is 1. The van der Waals surface area contributed by atoms with Crippen LogP contribution >= 0.6 is 23.4 Å². The molecule has 1 aromatic carbocycles. The van der Waals surface area contributed by atoms with Crippen LogP contribution in [-0.4, -0.2) is 17.3 Å². The van der Waals surface area contributed by atoms with Gasteiger partial charge in [-0.3, -0.25) is 4.79 Å². The molecule has 0 aliphatic carbocycles. The van der Waals surface area contributed by atoms with Crippen molar-refractivity contribution < 1.29 is 13.7 Å². The second-order valence-corrected chi connectivity index (χ2v) is 6.37. The molecular formula is C17H15ClN2O3S. The van der Waals surface area contributed by atoms with Crippen molar-refractivity contribution in [3.63, 3.8) is 0 Å². The van der Waals surface area contributed by atoms with Gasteiger partial charge >= 0.3 is 0 Å². The normalized spacial score (nSPS) is 10.8. The largest absolute Gasteiger partial charge is 0.455 e. The number of aromatic nitrogens is 1. The number of carbonyl (C=O) groups excluding carboxylic acids is 1. The second kappa shape index (κ2) is 7.59. The van der Waals surface area contributed by atoms with Gasteiger partial charge in [-0.05, 0) is 30.5 Å². The van der Waals surface area contributed by atoms with Crippen molar-refractivity contribution in [2.75, 3.05) is 6.26 Å². The van der Waals surface area contributed by atoms with Gasteiger partial charge in [0.1, 0.15) is 11.5 Å². The van der Waals surface area contributed by atoms with E-state index in [-0.39, 0.29) is 18.2 Å². The van der Waals surface area contributed by atoms with Crippen molar-refractivity contribution >= 4 is 29.3 Å². The number of hydrogen-bond acceptors (Lipinski definition) is 5. The molecule has 2 aromatic heterocycles. The molecule has 0 unspecified atom stereocenters. The van der Waals surface area contributed by atoms with Crippen LogP contribution in [0, 0.1) is 0 Å². The Morgan fingerprint density at radius 2 is 2.12 bits per heavy atom. The van der Waals surface area contributed by atoms with Gasteiger partial charge in [0, 0.05) is 16.7 Å². The summed E-state index contributed by atoms with van der Waals surface area (Å²) in [6.07, 6.45) is 1.98. The molecule has 2 heterocycles. The van der Waals surface area contributed by atoms with E-state index >= 15 is 0 Å². The van der Waals surface area contributed by atoms with E-state index in [0.29, 0.717) is 16.5 Å². The Morgan fingerprint density at radius 1 is 1.25 bits per heavy atom. The van der Waals surface area contributed by atoms with Crippen LogP contribution in [0.2, 0.25) is 5.02 Å².